The number of likely N-dealkylation sites (tertiary alicyclic amines) is 1. The summed E-state index contributed by atoms with van der Waals surface area (Å²) >= 11 is 0. The van der Waals surface area contributed by atoms with Gasteiger partial charge in [0, 0.05) is 32.1 Å². The fourth-order valence-electron chi connectivity index (χ4n) is 2.44. The van der Waals surface area contributed by atoms with E-state index in [-0.39, 0.29) is 17.8 Å². The van der Waals surface area contributed by atoms with Crippen LogP contribution in [0.3, 0.4) is 0 Å². The van der Waals surface area contributed by atoms with Gasteiger partial charge in [0.1, 0.15) is 6.20 Å². The number of amides is 1. The minimum atomic E-state index is -0.524. The number of nitro groups is 1. The smallest absolute Gasteiger partial charge is 0.362 e. The van der Waals surface area contributed by atoms with E-state index in [1.807, 2.05) is 0 Å². The third kappa shape index (κ3) is 2.49. The van der Waals surface area contributed by atoms with E-state index in [1.54, 1.807) is 24.0 Å². The van der Waals surface area contributed by atoms with E-state index in [0.29, 0.717) is 24.6 Å². The predicted octanol–water partition coefficient (Wildman–Crippen LogP) is 0.670. The number of fused-ring (bicyclic) bond motifs is 1. The van der Waals surface area contributed by atoms with Crippen molar-refractivity contribution in [1.82, 2.24) is 19.5 Å². The Morgan fingerprint density at radius 2 is 2.33 bits per heavy atom. The number of rotatable bonds is 3. The van der Waals surface area contributed by atoms with Crippen molar-refractivity contribution >= 4 is 23.2 Å². The average molecular weight is 290 g/mol. The van der Waals surface area contributed by atoms with Gasteiger partial charge in [-0.1, -0.05) is 9.61 Å². The molecule has 1 aliphatic heterocycles. The van der Waals surface area contributed by atoms with Crippen LogP contribution in [0, 0.1) is 10.1 Å². The first-order chi connectivity index (χ1) is 10.0. The van der Waals surface area contributed by atoms with Gasteiger partial charge in [-0.15, -0.1) is 0 Å². The molecule has 0 spiro atoms. The van der Waals surface area contributed by atoms with E-state index in [0.717, 1.165) is 6.42 Å². The maximum Gasteiger partial charge on any atom is 0.368 e. The van der Waals surface area contributed by atoms with E-state index >= 15 is 0 Å². The van der Waals surface area contributed by atoms with Crippen LogP contribution in [-0.4, -0.2) is 49.5 Å². The molecule has 0 radical (unpaired) electrons. The van der Waals surface area contributed by atoms with E-state index in [9.17, 15) is 14.9 Å². The van der Waals surface area contributed by atoms with E-state index < -0.39 is 4.92 Å². The van der Waals surface area contributed by atoms with Gasteiger partial charge in [-0.3, -0.25) is 4.79 Å². The minimum absolute atomic E-state index is 0.0490. The molecule has 3 rings (SSSR count). The summed E-state index contributed by atoms with van der Waals surface area (Å²) in [6.07, 6.45) is 2.00. The molecule has 21 heavy (non-hydrogen) atoms. The summed E-state index contributed by atoms with van der Waals surface area (Å²) in [6, 6.07) is 3.49. The monoisotopic (exact) mass is 290 g/mol. The van der Waals surface area contributed by atoms with Crippen LogP contribution in [0.25, 0.3) is 5.65 Å². The number of hydrogen-bond donors (Lipinski definition) is 1. The first-order valence-electron chi connectivity index (χ1n) is 6.56. The van der Waals surface area contributed by atoms with Crippen LogP contribution in [-0.2, 0) is 4.79 Å². The van der Waals surface area contributed by atoms with Gasteiger partial charge in [-0.25, -0.2) is 4.98 Å². The van der Waals surface area contributed by atoms with E-state index in [1.165, 1.54) is 10.7 Å². The molecule has 1 atom stereocenters. The van der Waals surface area contributed by atoms with Crippen molar-refractivity contribution in [1.29, 1.82) is 0 Å². The van der Waals surface area contributed by atoms with Crippen molar-refractivity contribution < 1.29 is 9.72 Å². The Bertz CT molecular complexity index is 712. The largest absolute Gasteiger partial charge is 0.368 e. The van der Waals surface area contributed by atoms with Crippen LogP contribution in [0.1, 0.15) is 13.3 Å². The van der Waals surface area contributed by atoms with Crippen molar-refractivity contribution in [2.75, 3.05) is 18.4 Å². The zero-order chi connectivity index (χ0) is 15.0. The van der Waals surface area contributed by atoms with Gasteiger partial charge < -0.3 is 20.3 Å². The highest BCUT2D eigenvalue weighted by atomic mass is 16.6. The molecule has 1 unspecified atom stereocenters. The van der Waals surface area contributed by atoms with Crippen LogP contribution in [0.5, 0.6) is 0 Å². The number of carbonyl (C=O) groups is 1. The normalized spacial score (nSPS) is 18.1. The lowest BCUT2D eigenvalue weighted by molar-refractivity contribution is -0.391. The summed E-state index contributed by atoms with van der Waals surface area (Å²) in [4.78, 5) is 27.4. The second-order valence-corrected chi connectivity index (χ2v) is 4.96. The Balaban J connectivity index is 1.80. The SMILES string of the molecule is CC(=O)N1CCC(Nc2ccc3ncc([N+](=O)[O-])n3n2)C1. The van der Waals surface area contributed by atoms with Gasteiger partial charge in [0.25, 0.3) is 0 Å². The fourth-order valence-corrected chi connectivity index (χ4v) is 2.44. The third-order valence-electron chi connectivity index (χ3n) is 3.52. The van der Waals surface area contributed by atoms with Crippen LogP contribution in [0.2, 0.25) is 0 Å². The molecular formula is C12H14N6O3. The van der Waals surface area contributed by atoms with Gasteiger partial charge in [0.2, 0.25) is 11.6 Å². The van der Waals surface area contributed by atoms with Crippen molar-refractivity contribution in [2.45, 2.75) is 19.4 Å². The quantitative estimate of drug-likeness (QED) is 0.658. The van der Waals surface area contributed by atoms with Crippen LogP contribution < -0.4 is 5.32 Å². The standard InChI is InChI=1S/C12H14N6O3/c1-8(19)16-5-4-9(7-16)14-10-2-3-11-13-6-12(18(20)21)17(11)15-10/h2-3,6,9H,4-5,7H2,1H3,(H,14,15). The molecular weight excluding hydrogens is 276 g/mol. The Morgan fingerprint density at radius 1 is 1.52 bits per heavy atom. The summed E-state index contributed by atoms with van der Waals surface area (Å²) in [5, 5.41) is 18.3. The molecule has 3 heterocycles. The maximum atomic E-state index is 11.3. The molecule has 1 fully saturated rings. The number of anilines is 1. The highest BCUT2D eigenvalue weighted by Gasteiger charge is 2.25. The Morgan fingerprint density at radius 3 is 3.00 bits per heavy atom. The summed E-state index contributed by atoms with van der Waals surface area (Å²) in [7, 11) is 0. The van der Waals surface area contributed by atoms with E-state index in [2.05, 4.69) is 15.4 Å². The van der Waals surface area contributed by atoms with Gasteiger partial charge in [0.05, 0.1) is 0 Å². The molecule has 2 aromatic rings. The number of carbonyl (C=O) groups excluding carboxylic acids is 1. The zero-order valence-corrected chi connectivity index (χ0v) is 11.4. The second kappa shape index (κ2) is 5.00. The average Bonchev–Trinajstić information content (AvgIpc) is 3.04. The lowest BCUT2D eigenvalue weighted by atomic mass is 10.2. The van der Waals surface area contributed by atoms with E-state index in [4.69, 9.17) is 0 Å². The number of nitrogens with one attached hydrogen (secondary N) is 1. The van der Waals surface area contributed by atoms with Gasteiger partial charge in [-0.05, 0) is 17.4 Å². The molecule has 9 nitrogen and oxygen atoms in total. The van der Waals surface area contributed by atoms with Crippen LogP contribution >= 0.6 is 0 Å². The van der Waals surface area contributed by atoms with Gasteiger partial charge in [-0.2, -0.15) is 0 Å². The first-order valence-corrected chi connectivity index (χ1v) is 6.56. The summed E-state index contributed by atoms with van der Waals surface area (Å²) in [5.74, 6) is 0.400. The highest BCUT2D eigenvalue weighted by molar-refractivity contribution is 5.73. The third-order valence-corrected chi connectivity index (χ3v) is 3.52. The Kier molecular flexibility index (Phi) is 3.16. The van der Waals surface area contributed by atoms with Crippen LogP contribution in [0.15, 0.2) is 18.3 Å². The molecule has 0 bridgehead atoms. The Hall–Kier alpha value is -2.71. The van der Waals surface area contributed by atoms with Gasteiger partial charge >= 0.3 is 5.82 Å². The molecule has 0 aliphatic carbocycles. The zero-order valence-electron chi connectivity index (χ0n) is 11.4. The number of nitrogens with zero attached hydrogens (tertiary/aromatic N) is 5. The lowest BCUT2D eigenvalue weighted by Crippen LogP contribution is -2.29. The molecule has 9 heteroatoms. The van der Waals surface area contributed by atoms with Gasteiger partial charge in [0.15, 0.2) is 5.82 Å². The maximum absolute atomic E-state index is 11.3. The summed E-state index contributed by atoms with van der Waals surface area (Å²) in [5.41, 5.74) is 0.420. The highest BCUT2D eigenvalue weighted by Crippen LogP contribution is 2.17. The Labute approximate surface area is 119 Å². The fraction of sp³-hybridized carbons (Fsp3) is 0.417. The van der Waals surface area contributed by atoms with Crippen molar-refractivity contribution in [3.05, 3.63) is 28.4 Å². The molecule has 1 amide bonds. The first kappa shape index (κ1) is 13.3. The predicted molar refractivity (Wildman–Crippen MR) is 73.9 cm³/mol. The van der Waals surface area contributed by atoms with Crippen LogP contribution in [0.4, 0.5) is 11.6 Å². The lowest BCUT2D eigenvalue weighted by Gasteiger charge is -2.14. The molecule has 1 aliphatic rings. The molecule has 1 saturated heterocycles. The topological polar surface area (TPSA) is 106 Å². The number of imidazole rings is 1. The van der Waals surface area contributed by atoms with Crippen molar-refractivity contribution in [3.63, 3.8) is 0 Å². The van der Waals surface area contributed by atoms with Crippen molar-refractivity contribution in [2.24, 2.45) is 0 Å². The molecule has 2 aromatic heterocycles. The molecule has 1 N–H and O–H groups in total. The number of aromatic nitrogens is 3. The number of hydrogen-bond acceptors (Lipinski definition) is 6. The second-order valence-electron chi connectivity index (χ2n) is 4.96. The minimum Gasteiger partial charge on any atom is -0.362 e. The molecule has 0 saturated carbocycles. The summed E-state index contributed by atoms with van der Waals surface area (Å²) in [6.45, 7) is 2.86. The molecule has 0 aromatic carbocycles. The molecule has 110 valence electrons. The van der Waals surface area contributed by atoms with Crippen molar-refractivity contribution in [3.8, 4) is 0 Å². The summed E-state index contributed by atoms with van der Waals surface area (Å²) < 4.78 is 1.19.